The van der Waals surface area contributed by atoms with Crippen molar-refractivity contribution in [3.63, 3.8) is 0 Å². The predicted octanol–water partition coefficient (Wildman–Crippen LogP) is 4.56. The summed E-state index contributed by atoms with van der Waals surface area (Å²) in [6, 6.07) is 15.3. The molecule has 0 aliphatic carbocycles. The first-order chi connectivity index (χ1) is 16.0. The van der Waals surface area contributed by atoms with E-state index in [1.807, 2.05) is 6.07 Å². The molecule has 2 aromatic carbocycles. The number of Topliss-reactive ketones (excluding diaryl/α,β-unsaturated/α-hetero) is 1. The molecule has 0 aliphatic heterocycles. The highest BCUT2D eigenvalue weighted by Gasteiger charge is 2.20. The third-order valence-electron chi connectivity index (χ3n) is 5.03. The molecule has 8 nitrogen and oxygen atoms in total. The van der Waals surface area contributed by atoms with Gasteiger partial charge in [-0.15, -0.1) is 0 Å². The Morgan fingerprint density at radius 1 is 0.909 bits per heavy atom. The summed E-state index contributed by atoms with van der Waals surface area (Å²) in [4.78, 5) is 30.3. The molecular weight excluding hydrogens is 426 g/mol. The number of aromatic nitrogens is 1. The number of carbonyl (C=O) groups is 2. The van der Waals surface area contributed by atoms with Crippen LogP contribution in [0, 0.1) is 0 Å². The maximum Gasteiger partial charge on any atom is 0.339 e. The number of fused-ring (bicyclic) bond motifs is 1. The van der Waals surface area contributed by atoms with Crippen LogP contribution in [0.5, 0.6) is 17.2 Å². The fourth-order valence-corrected chi connectivity index (χ4v) is 3.43. The molecule has 0 saturated heterocycles. The number of pyridine rings is 1. The standard InChI is InChI=1S/C25H21NO7/c1-29-22-11-15(12-23(30-2)24(22)31-3)20(27)14-33-25(28)17-13-19(21-9-6-10-32-21)26-18-8-5-4-7-16(17)18/h4-13H,14H2,1-3H3. The number of furan rings is 1. The van der Waals surface area contributed by atoms with Crippen LogP contribution in [0.3, 0.4) is 0 Å². The zero-order valence-electron chi connectivity index (χ0n) is 18.3. The average molecular weight is 447 g/mol. The molecule has 0 fully saturated rings. The van der Waals surface area contributed by atoms with E-state index in [2.05, 4.69) is 4.98 Å². The zero-order valence-corrected chi connectivity index (χ0v) is 18.3. The van der Waals surface area contributed by atoms with E-state index in [0.29, 0.717) is 39.6 Å². The SMILES string of the molecule is COc1cc(C(=O)COC(=O)c2cc(-c3ccco3)nc3ccccc23)cc(OC)c1OC. The van der Waals surface area contributed by atoms with Gasteiger partial charge in [-0.3, -0.25) is 4.79 Å². The number of ketones is 1. The summed E-state index contributed by atoms with van der Waals surface area (Å²) < 4.78 is 26.6. The van der Waals surface area contributed by atoms with E-state index in [-0.39, 0.29) is 11.1 Å². The molecule has 8 heteroatoms. The number of para-hydroxylation sites is 1. The molecule has 0 unspecified atom stereocenters. The van der Waals surface area contributed by atoms with Gasteiger partial charge >= 0.3 is 5.97 Å². The van der Waals surface area contributed by atoms with Crippen LogP contribution < -0.4 is 14.2 Å². The second-order valence-electron chi connectivity index (χ2n) is 6.96. The molecule has 0 N–H and O–H groups in total. The minimum absolute atomic E-state index is 0.258. The molecule has 0 saturated carbocycles. The number of carbonyl (C=O) groups excluding carboxylic acids is 2. The van der Waals surface area contributed by atoms with Gasteiger partial charge in [0.15, 0.2) is 23.9 Å². The Hall–Kier alpha value is -4.33. The van der Waals surface area contributed by atoms with E-state index in [1.165, 1.54) is 39.7 Å². The largest absolute Gasteiger partial charge is 0.493 e. The summed E-state index contributed by atoms with van der Waals surface area (Å²) in [7, 11) is 4.38. The number of benzene rings is 2. The van der Waals surface area contributed by atoms with Crippen molar-refractivity contribution in [3.05, 3.63) is 72.0 Å². The van der Waals surface area contributed by atoms with Gasteiger partial charge in [-0.05, 0) is 36.4 Å². The van der Waals surface area contributed by atoms with Gasteiger partial charge in [0, 0.05) is 10.9 Å². The molecule has 0 bridgehead atoms. The van der Waals surface area contributed by atoms with Gasteiger partial charge in [-0.1, -0.05) is 18.2 Å². The lowest BCUT2D eigenvalue weighted by atomic mass is 10.1. The van der Waals surface area contributed by atoms with Gasteiger partial charge in [0.05, 0.1) is 38.7 Å². The highest BCUT2D eigenvalue weighted by atomic mass is 16.5. The van der Waals surface area contributed by atoms with Crippen molar-refractivity contribution >= 4 is 22.7 Å². The topological polar surface area (TPSA) is 97.1 Å². The summed E-state index contributed by atoms with van der Waals surface area (Å²) >= 11 is 0. The van der Waals surface area contributed by atoms with Crippen molar-refractivity contribution in [1.82, 2.24) is 4.98 Å². The number of rotatable bonds is 8. The zero-order chi connectivity index (χ0) is 23.4. The second-order valence-corrected chi connectivity index (χ2v) is 6.96. The number of hydrogen-bond acceptors (Lipinski definition) is 8. The molecular formula is C25H21NO7. The summed E-state index contributed by atoms with van der Waals surface area (Å²) in [6.07, 6.45) is 1.53. The van der Waals surface area contributed by atoms with E-state index >= 15 is 0 Å². The Morgan fingerprint density at radius 3 is 2.27 bits per heavy atom. The molecule has 4 rings (SSSR count). The van der Waals surface area contributed by atoms with Crippen LogP contribution in [0.25, 0.3) is 22.4 Å². The fourth-order valence-electron chi connectivity index (χ4n) is 3.43. The van der Waals surface area contributed by atoms with Gasteiger partial charge in [0.1, 0.15) is 5.69 Å². The van der Waals surface area contributed by atoms with Crippen molar-refractivity contribution in [2.24, 2.45) is 0 Å². The molecule has 0 aliphatic rings. The number of ether oxygens (including phenoxy) is 4. The van der Waals surface area contributed by atoms with Crippen LogP contribution in [-0.4, -0.2) is 44.7 Å². The molecule has 0 amide bonds. The number of nitrogens with zero attached hydrogens (tertiary/aromatic N) is 1. The summed E-state index contributed by atoms with van der Waals surface area (Å²) in [5.41, 5.74) is 1.63. The summed E-state index contributed by atoms with van der Waals surface area (Å²) in [5, 5.41) is 0.609. The minimum Gasteiger partial charge on any atom is -0.493 e. The maximum atomic E-state index is 13.0. The molecule has 4 aromatic rings. The number of esters is 1. The van der Waals surface area contributed by atoms with Crippen LogP contribution in [0.4, 0.5) is 0 Å². The lowest BCUT2D eigenvalue weighted by molar-refractivity contribution is 0.0476. The van der Waals surface area contributed by atoms with Crippen molar-refractivity contribution < 1.29 is 33.0 Å². The third kappa shape index (κ3) is 4.36. The number of hydrogen-bond donors (Lipinski definition) is 0. The first kappa shape index (κ1) is 21.9. The highest BCUT2D eigenvalue weighted by Crippen LogP contribution is 2.38. The van der Waals surface area contributed by atoms with Gasteiger partial charge in [-0.25, -0.2) is 9.78 Å². The first-order valence-corrected chi connectivity index (χ1v) is 9.99. The van der Waals surface area contributed by atoms with Crippen molar-refractivity contribution in [1.29, 1.82) is 0 Å². The van der Waals surface area contributed by atoms with Gasteiger partial charge < -0.3 is 23.4 Å². The molecule has 0 spiro atoms. The van der Waals surface area contributed by atoms with Gasteiger partial charge in [0.2, 0.25) is 11.5 Å². The smallest absolute Gasteiger partial charge is 0.339 e. The molecule has 2 heterocycles. The van der Waals surface area contributed by atoms with E-state index < -0.39 is 18.4 Å². The van der Waals surface area contributed by atoms with Crippen LogP contribution >= 0.6 is 0 Å². The quantitative estimate of drug-likeness (QED) is 0.286. The van der Waals surface area contributed by atoms with Crippen molar-refractivity contribution in [2.45, 2.75) is 0 Å². The maximum absolute atomic E-state index is 13.0. The first-order valence-electron chi connectivity index (χ1n) is 9.99. The highest BCUT2D eigenvalue weighted by molar-refractivity contribution is 6.06. The van der Waals surface area contributed by atoms with E-state index in [4.69, 9.17) is 23.4 Å². The Balaban J connectivity index is 1.60. The van der Waals surface area contributed by atoms with Crippen LogP contribution in [-0.2, 0) is 4.74 Å². The lowest BCUT2D eigenvalue weighted by Gasteiger charge is -2.14. The Bertz CT molecular complexity index is 1290. The fraction of sp³-hybridized carbons (Fsp3) is 0.160. The summed E-state index contributed by atoms with van der Waals surface area (Å²) in [6.45, 7) is -0.468. The predicted molar refractivity (Wildman–Crippen MR) is 120 cm³/mol. The monoisotopic (exact) mass is 447 g/mol. The molecule has 168 valence electrons. The third-order valence-corrected chi connectivity index (χ3v) is 5.03. The molecule has 33 heavy (non-hydrogen) atoms. The Morgan fingerprint density at radius 2 is 1.64 bits per heavy atom. The van der Waals surface area contributed by atoms with Gasteiger partial charge in [-0.2, -0.15) is 0 Å². The van der Waals surface area contributed by atoms with Gasteiger partial charge in [0.25, 0.3) is 0 Å². The Labute approximate surface area is 189 Å². The number of methoxy groups -OCH3 is 3. The van der Waals surface area contributed by atoms with E-state index in [9.17, 15) is 9.59 Å². The molecule has 0 atom stereocenters. The second kappa shape index (κ2) is 9.44. The normalized spacial score (nSPS) is 10.6. The van der Waals surface area contributed by atoms with Crippen LogP contribution in [0.2, 0.25) is 0 Å². The van der Waals surface area contributed by atoms with Crippen molar-refractivity contribution in [2.75, 3.05) is 27.9 Å². The van der Waals surface area contributed by atoms with E-state index in [0.717, 1.165) is 0 Å². The van der Waals surface area contributed by atoms with E-state index in [1.54, 1.807) is 36.4 Å². The Kier molecular flexibility index (Phi) is 6.26. The molecule has 0 radical (unpaired) electrons. The molecule has 2 aromatic heterocycles. The summed E-state index contributed by atoms with van der Waals surface area (Å²) in [5.74, 6) is 0.462. The van der Waals surface area contributed by atoms with Crippen molar-refractivity contribution in [3.8, 4) is 28.7 Å². The van der Waals surface area contributed by atoms with Crippen LogP contribution in [0.15, 0.2) is 65.3 Å². The minimum atomic E-state index is -0.651. The van der Waals surface area contributed by atoms with Crippen LogP contribution in [0.1, 0.15) is 20.7 Å². The average Bonchev–Trinajstić information content (AvgIpc) is 3.40. The lowest BCUT2D eigenvalue weighted by Crippen LogP contribution is -2.15.